The Morgan fingerprint density at radius 3 is 2.25 bits per heavy atom. The number of hydrogen-bond acceptors (Lipinski definition) is 3. The summed E-state index contributed by atoms with van der Waals surface area (Å²) in [6, 6.07) is 31.5. The molecule has 3 aromatic heterocycles. The van der Waals surface area contributed by atoms with Gasteiger partial charge in [0, 0.05) is 46.0 Å². The van der Waals surface area contributed by atoms with Crippen LogP contribution in [-0.4, -0.2) is 18.0 Å². The smallest absolute Gasteiger partial charge is 0.120 e. The molecular weight excluding hydrogens is 733 g/mol. The minimum Gasteiger partial charge on any atom is -0.501 e. The van der Waals surface area contributed by atoms with Crippen molar-refractivity contribution < 1.29 is 24.5 Å². The van der Waals surface area contributed by atoms with Crippen LogP contribution in [0.4, 0.5) is 0 Å². The van der Waals surface area contributed by atoms with Gasteiger partial charge in [-0.15, -0.1) is 53.2 Å². The van der Waals surface area contributed by atoms with Crippen LogP contribution in [0.2, 0.25) is 19.6 Å². The van der Waals surface area contributed by atoms with Crippen LogP contribution in [0.5, 0.6) is 0 Å². The van der Waals surface area contributed by atoms with Crippen molar-refractivity contribution >= 4 is 35.2 Å². The van der Waals surface area contributed by atoms with Crippen LogP contribution in [0.1, 0.15) is 50.3 Å². The Bertz CT molecular complexity index is 1870. The van der Waals surface area contributed by atoms with Gasteiger partial charge in [-0.25, -0.2) is 0 Å². The van der Waals surface area contributed by atoms with Crippen molar-refractivity contribution in [3.63, 3.8) is 0 Å². The summed E-state index contributed by atoms with van der Waals surface area (Å²) in [6.45, 7) is 18.3. The molecular formula is C39H42IrN2OSi-2. The zero-order chi connectivity index (χ0) is 30.8. The van der Waals surface area contributed by atoms with Gasteiger partial charge in [-0.3, -0.25) is 0 Å². The molecule has 0 aliphatic rings. The van der Waals surface area contributed by atoms with Crippen molar-refractivity contribution in [3.05, 3.63) is 114 Å². The second-order valence-electron chi connectivity index (χ2n) is 12.8. The Morgan fingerprint density at radius 1 is 0.864 bits per heavy atom. The third-order valence-electron chi connectivity index (χ3n) is 8.73. The molecule has 0 bridgehead atoms. The molecule has 6 aromatic rings. The summed E-state index contributed by atoms with van der Waals surface area (Å²) in [6.07, 6.45) is 6.05. The second-order valence-corrected chi connectivity index (χ2v) is 17.8. The molecule has 229 valence electrons. The fourth-order valence-corrected chi connectivity index (χ4v) is 7.23. The first kappa shape index (κ1) is 33.5. The molecule has 3 aromatic carbocycles. The average molecular weight is 775 g/mol. The number of hydrogen-bond donors (Lipinski definition) is 0. The number of aryl methyl sites for hydroxylation is 2. The predicted octanol–water partition coefficient (Wildman–Crippen LogP) is 10.2. The number of rotatable bonds is 6. The zero-order valence-corrected chi connectivity index (χ0v) is 30.5. The van der Waals surface area contributed by atoms with Gasteiger partial charge < -0.3 is 14.4 Å². The molecule has 0 aliphatic carbocycles. The fourth-order valence-electron chi connectivity index (χ4n) is 5.73. The summed E-state index contributed by atoms with van der Waals surface area (Å²) in [4.78, 5) is 9.10. The molecule has 44 heavy (non-hydrogen) atoms. The molecule has 0 aliphatic heterocycles. The van der Waals surface area contributed by atoms with Gasteiger partial charge in [0.15, 0.2) is 0 Å². The molecule has 6 rings (SSSR count). The van der Waals surface area contributed by atoms with Gasteiger partial charge in [0.2, 0.25) is 0 Å². The van der Waals surface area contributed by atoms with Gasteiger partial charge in [-0.05, 0) is 66.8 Å². The first-order valence-electron chi connectivity index (χ1n) is 15.3. The van der Waals surface area contributed by atoms with Gasteiger partial charge in [0.05, 0.1) is 5.58 Å². The summed E-state index contributed by atoms with van der Waals surface area (Å²) in [7, 11) is -1.58. The van der Waals surface area contributed by atoms with Crippen LogP contribution in [0.3, 0.4) is 0 Å². The largest absolute Gasteiger partial charge is 0.501 e. The summed E-state index contributed by atoms with van der Waals surface area (Å²) < 4.78 is 6.43. The summed E-state index contributed by atoms with van der Waals surface area (Å²) in [5.41, 5.74) is 9.82. The predicted molar refractivity (Wildman–Crippen MR) is 185 cm³/mol. The topological polar surface area (TPSA) is 38.9 Å². The minimum absolute atomic E-state index is 0. The molecule has 0 N–H and O–H groups in total. The van der Waals surface area contributed by atoms with Crippen molar-refractivity contribution in [2.45, 2.75) is 72.5 Å². The van der Waals surface area contributed by atoms with Crippen LogP contribution < -0.4 is 5.19 Å². The first-order chi connectivity index (χ1) is 20.6. The third kappa shape index (κ3) is 6.81. The molecule has 3 nitrogen and oxygen atoms in total. The first-order valence-corrected chi connectivity index (χ1v) is 18.8. The molecule has 0 amide bonds. The van der Waals surface area contributed by atoms with Crippen LogP contribution in [0.15, 0.2) is 89.6 Å². The van der Waals surface area contributed by atoms with E-state index >= 15 is 0 Å². The summed E-state index contributed by atoms with van der Waals surface area (Å²) in [5, 5.41) is 3.83. The average Bonchev–Trinajstić information content (AvgIpc) is 3.40. The van der Waals surface area contributed by atoms with Crippen molar-refractivity contribution in [3.8, 4) is 22.5 Å². The Balaban J connectivity index is 0.000000264. The van der Waals surface area contributed by atoms with Crippen LogP contribution >= 0.6 is 0 Å². The summed E-state index contributed by atoms with van der Waals surface area (Å²) >= 11 is 0. The number of fused-ring (bicyclic) bond motifs is 3. The molecule has 0 spiro atoms. The van der Waals surface area contributed by atoms with Crippen molar-refractivity contribution in [1.82, 2.24) is 9.97 Å². The number of benzene rings is 3. The van der Waals surface area contributed by atoms with E-state index in [0.29, 0.717) is 0 Å². The summed E-state index contributed by atoms with van der Waals surface area (Å²) in [5.74, 6) is 0. The molecule has 0 saturated heterocycles. The molecule has 0 unspecified atom stereocenters. The van der Waals surface area contributed by atoms with Crippen molar-refractivity contribution in [2.75, 3.05) is 0 Å². The Morgan fingerprint density at radius 2 is 1.59 bits per heavy atom. The molecule has 0 fully saturated rings. The van der Waals surface area contributed by atoms with Gasteiger partial charge in [0.1, 0.15) is 5.58 Å². The molecule has 1 radical (unpaired) electrons. The number of pyridine rings is 2. The number of aromatic nitrogens is 2. The van der Waals surface area contributed by atoms with E-state index < -0.39 is 8.07 Å². The van der Waals surface area contributed by atoms with Crippen molar-refractivity contribution in [2.24, 2.45) is 0 Å². The van der Waals surface area contributed by atoms with E-state index in [2.05, 4.69) is 108 Å². The Hall–Kier alpha value is -3.37. The quantitative estimate of drug-likeness (QED) is 0.125. The van der Waals surface area contributed by atoms with Gasteiger partial charge in [0.25, 0.3) is 0 Å². The molecule has 0 saturated carbocycles. The van der Waals surface area contributed by atoms with Crippen LogP contribution in [-0.2, 0) is 25.5 Å². The molecule has 3 heterocycles. The van der Waals surface area contributed by atoms with E-state index in [1.807, 2.05) is 48.8 Å². The Labute approximate surface area is 277 Å². The van der Waals surface area contributed by atoms with Crippen LogP contribution in [0.25, 0.3) is 44.5 Å². The number of para-hydroxylation sites is 1. The van der Waals surface area contributed by atoms with Gasteiger partial charge in [-0.1, -0.05) is 87.3 Å². The normalized spacial score (nSPS) is 11.6. The third-order valence-corrected chi connectivity index (χ3v) is 10.7. The van der Waals surface area contributed by atoms with E-state index in [1.54, 1.807) is 0 Å². The number of furan rings is 1. The second kappa shape index (κ2) is 13.7. The van der Waals surface area contributed by atoms with E-state index in [9.17, 15) is 0 Å². The zero-order valence-electron chi connectivity index (χ0n) is 27.1. The van der Waals surface area contributed by atoms with Crippen molar-refractivity contribution in [1.29, 1.82) is 0 Å². The minimum atomic E-state index is -1.58. The maximum absolute atomic E-state index is 6.43. The fraction of sp³-hybridized carbons (Fsp3) is 0.282. The maximum atomic E-state index is 6.43. The Kier molecular flexibility index (Phi) is 10.5. The van der Waals surface area contributed by atoms with E-state index in [1.165, 1.54) is 32.6 Å². The molecule has 5 heteroatoms. The van der Waals surface area contributed by atoms with Gasteiger partial charge >= 0.3 is 0 Å². The van der Waals surface area contributed by atoms with Gasteiger partial charge in [-0.2, -0.15) is 0 Å². The van der Waals surface area contributed by atoms with E-state index in [-0.39, 0.29) is 25.5 Å². The van der Waals surface area contributed by atoms with Crippen LogP contribution in [0, 0.1) is 26.0 Å². The molecule has 0 atom stereocenters. The maximum Gasteiger partial charge on any atom is 0.120 e. The van der Waals surface area contributed by atoms with E-state index in [4.69, 9.17) is 9.40 Å². The standard InChI is InChI=1S/C27H32NOSi.C12H10N.Ir/c1-8-27(4,9-2)21-16-22(28-17-18(21)3)19-14-15-24(30(5,6)7)25-20-12-10-11-13-23(20)29-26(19)25;1-10-7-8-13-12(9-10)11-5-3-2-4-6-11;/h10-13,15-17H,8-9H2,1-7H3;2-5,7-9H,1H3;/q2*-1;. The number of nitrogens with zero attached hydrogens (tertiary/aromatic N) is 2. The monoisotopic (exact) mass is 775 g/mol. The van der Waals surface area contributed by atoms with E-state index in [0.717, 1.165) is 46.5 Å². The SMILES string of the molecule is CCC(C)(CC)c1cc(-c2[c-]cc([Si](C)(C)C)c3c2oc2ccccc23)ncc1C.Cc1ccnc(-c2[c-]cccc2)c1.[Ir].